The van der Waals surface area contributed by atoms with Crippen LogP contribution in [0.5, 0.6) is 5.75 Å². The second-order valence-corrected chi connectivity index (χ2v) is 4.13. The predicted octanol–water partition coefficient (Wildman–Crippen LogP) is 2.53. The highest BCUT2D eigenvalue weighted by molar-refractivity contribution is 5.42. The largest absolute Gasteiger partial charge is 0.467 e. The van der Waals surface area contributed by atoms with E-state index >= 15 is 0 Å². The molecule has 0 fully saturated rings. The lowest BCUT2D eigenvalue weighted by atomic mass is 10.1. The molecule has 1 heterocycles. The van der Waals surface area contributed by atoms with Gasteiger partial charge in [0.05, 0.1) is 6.61 Å². The van der Waals surface area contributed by atoms with Gasteiger partial charge in [0.1, 0.15) is 11.6 Å². The summed E-state index contributed by atoms with van der Waals surface area (Å²) in [5.74, 6) is 0.574. The number of fused-ring (bicyclic) bond motifs is 1. The van der Waals surface area contributed by atoms with Gasteiger partial charge >= 0.3 is 0 Å². The number of ether oxygens (including phenoxy) is 2. The molecule has 0 bridgehead atoms. The molecule has 0 saturated heterocycles. The van der Waals surface area contributed by atoms with Crippen LogP contribution in [0.15, 0.2) is 12.1 Å². The molecule has 94 valence electrons. The van der Waals surface area contributed by atoms with E-state index in [1.54, 1.807) is 6.07 Å². The van der Waals surface area contributed by atoms with Crippen molar-refractivity contribution in [3.63, 3.8) is 0 Å². The first kappa shape index (κ1) is 12.3. The highest BCUT2D eigenvalue weighted by Crippen LogP contribution is 2.30. The van der Waals surface area contributed by atoms with Crippen molar-refractivity contribution in [2.75, 3.05) is 19.9 Å². The molecule has 0 atom stereocenters. The van der Waals surface area contributed by atoms with Gasteiger partial charge in [0, 0.05) is 17.7 Å². The van der Waals surface area contributed by atoms with Crippen LogP contribution < -0.4 is 4.74 Å². The number of rotatable bonds is 4. The summed E-state index contributed by atoms with van der Waals surface area (Å²) in [6.45, 7) is 7.48. The van der Waals surface area contributed by atoms with Gasteiger partial charge in [0.2, 0.25) is 0 Å². The molecular formula is C13H18FNO2. The Hall–Kier alpha value is -1.13. The summed E-state index contributed by atoms with van der Waals surface area (Å²) in [7, 11) is 0. The van der Waals surface area contributed by atoms with Crippen LogP contribution in [-0.4, -0.2) is 24.8 Å². The lowest BCUT2D eigenvalue weighted by Crippen LogP contribution is -2.24. The maximum Gasteiger partial charge on any atom is 0.189 e. The molecule has 0 N–H and O–H groups in total. The zero-order chi connectivity index (χ0) is 12.3. The maximum absolute atomic E-state index is 13.5. The topological polar surface area (TPSA) is 21.7 Å². The van der Waals surface area contributed by atoms with E-state index in [0.29, 0.717) is 13.2 Å². The molecule has 0 spiro atoms. The van der Waals surface area contributed by atoms with Gasteiger partial charge in [-0.25, -0.2) is 4.39 Å². The van der Waals surface area contributed by atoms with Crippen LogP contribution in [-0.2, 0) is 17.9 Å². The quantitative estimate of drug-likeness (QED) is 0.806. The van der Waals surface area contributed by atoms with Gasteiger partial charge in [0.25, 0.3) is 0 Å². The van der Waals surface area contributed by atoms with Gasteiger partial charge in [-0.15, -0.1) is 0 Å². The molecule has 1 aromatic rings. The Kier molecular flexibility index (Phi) is 3.97. The minimum Gasteiger partial charge on any atom is -0.467 e. The highest BCUT2D eigenvalue weighted by Gasteiger charge is 2.17. The first-order valence-corrected chi connectivity index (χ1v) is 5.98. The second kappa shape index (κ2) is 5.47. The molecule has 3 nitrogen and oxygen atoms in total. The molecule has 4 heteroatoms. The van der Waals surface area contributed by atoms with Gasteiger partial charge in [-0.05, 0) is 25.2 Å². The summed E-state index contributed by atoms with van der Waals surface area (Å²) >= 11 is 0. The van der Waals surface area contributed by atoms with Crippen molar-refractivity contribution in [2.45, 2.75) is 27.0 Å². The van der Waals surface area contributed by atoms with Crippen LogP contribution in [0.25, 0.3) is 0 Å². The number of nitrogens with zero attached hydrogens (tertiary/aromatic N) is 1. The molecule has 0 aliphatic carbocycles. The third-order valence-electron chi connectivity index (χ3n) is 3.04. The SMILES string of the molecule is CCN(CC)Cc1cc(F)cc2c1OCOC2. The number of benzene rings is 1. The fourth-order valence-corrected chi connectivity index (χ4v) is 2.06. The predicted molar refractivity (Wildman–Crippen MR) is 63.3 cm³/mol. The smallest absolute Gasteiger partial charge is 0.189 e. The van der Waals surface area contributed by atoms with Gasteiger partial charge in [-0.1, -0.05) is 13.8 Å². The standard InChI is InChI=1S/C13H18FNO2/c1-3-15(4-2)7-10-5-12(14)6-11-8-16-9-17-13(10)11/h5-6H,3-4,7-9H2,1-2H3. The van der Waals surface area contributed by atoms with E-state index < -0.39 is 0 Å². The molecule has 0 radical (unpaired) electrons. The van der Waals surface area contributed by atoms with Gasteiger partial charge in [0.15, 0.2) is 6.79 Å². The third kappa shape index (κ3) is 2.76. The van der Waals surface area contributed by atoms with Crippen LogP contribution in [0.4, 0.5) is 4.39 Å². The van der Waals surface area contributed by atoms with Crippen molar-refractivity contribution in [2.24, 2.45) is 0 Å². The Morgan fingerprint density at radius 2 is 2.06 bits per heavy atom. The minimum absolute atomic E-state index is 0.222. The molecule has 0 unspecified atom stereocenters. The molecule has 17 heavy (non-hydrogen) atoms. The first-order valence-electron chi connectivity index (χ1n) is 5.98. The molecule has 0 amide bonds. The first-order chi connectivity index (χ1) is 8.24. The number of halogens is 1. The number of hydrogen-bond donors (Lipinski definition) is 0. The summed E-state index contributed by atoms with van der Waals surface area (Å²) < 4.78 is 24.1. The zero-order valence-corrected chi connectivity index (χ0v) is 10.3. The van der Waals surface area contributed by atoms with Crippen molar-refractivity contribution in [3.8, 4) is 5.75 Å². The Morgan fingerprint density at radius 3 is 2.76 bits per heavy atom. The molecule has 0 aromatic heterocycles. The van der Waals surface area contributed by atoms with E-state index in [1.807, 2.05) is 0 Å². The Labute approximate surface area is 101 Å². The van der Waals surface area contributed by atoms with Crippen LogP contribution in [0.1, 0.15) is 25.0 Å². The van der Waals surface area contributed by atoms with Gasteiger partial charge in [-0.3, -0.25) is 4.90 Å². The summed E-state index contributed by atoms with van der Waals surface area (Å²) in [4.78, 5) is 2.23. The van der Waals surface area contributed by atoms with Gasteiger partial charge < -0.3 is 9.47 Å². The zero-order valence-electron chi connectivity index (χ0n) is 10.3. The molecule has 2 rings (SSSR count). The van der Waals surface area contributed by atoms with E-state index in [9.17, 15) is 4.39 Å². The van der Waals surface area contributed by atoms with Crippen molar-refractivity contribution < 1.29 is 13.9 Å². The van der Waals surface area contributed by atoms with E-state index in [0.717, 1.165) is 30.0 Å². The van der Waals surface area contributed by atoms with E-state index in [1.165, 1.54) is 6.07 Å². The summed E-state index contributed by atoms with van der Waals surface area (Å²) in [5.41, 5.74) is 1.71. The van der Waals surface area contributed by atoms with Crippen LogP contribution in [0.3, 0.4) is 0 Å². The van der Waals surface area contributed by atoms with Crippen molar-refractivity contribution in [3.05, 3.63) is 29.1 Å². The lowest BCUT2D eigenvalue weighted by molar-refractivity contribution is -0.0176. The minimum atomic E-state index is -0.222. The Balaban J connectivity index is 2.28. The summed E-state index contributed by atoms with van der Waals surface area (Å²) in [5, 5.41) is 0. The lowest BCUT2D eigenvalue weighted by Gasteiger charge is -2.24. The van der Waals surface area contributed by atoms with Gasteiger partial charge in [-0.2, -0.15) is 0 Å². The maximum atomic E-state index is 13.5. The van der Waals surface area contributed by atoms with Crippen LogP contribution in [0.2, 0.25) is 0 Å². The van der Waals surface area contributed by atoms with E-state index in [4.69, 9.17) is 9.47 Å². The van der Waals surface area contributed by atoms with E-state index in [-0.39, 0.29) is 12.6 Å². The van der Waals surface area contributed by atoms with E-state index in [2.05, 4.69) is 18.7 Å². The second-order valence-electron chi connectivity index (χ2n) is 4.13. The summed E-state index contributed by atoms with van der Waals surface area (Å²) in [6.07, 6.45) is 0. The molecule has 1 aliphatic heterocycles. The molecule has 1 aromatic carbocycles. The van der Waals surface area contributed by atoms with Crippen molar-refractivity contribution in [1.82, 2.24) is 4.90 Å². The normalized spacial score (nSPS) is 14.6. The monoisotopic (exact) mass is 239 g/mol. The average molecular weight is 239 g/mol. The summed E-state index contributed by atoms with van der Waals surface area (Å²) in [6, 6.07) is 3.04. The Morgan fingerprint density at radius 1 is 1.29 bits per heavy atom. The fraction of sp³-hybridized carbons (Fsp3) is 0.538. The third-order valence-corrected chi connectivity index (χ3v) is 3.04. The molecule has 0 saturated carbocycles. The number of hydrogen-bond acceptors (Lipinski definition) is 3. The fourth-order valence-electron chi connectivity index (χ4n) is 2.06. The highest BCUT2D eigenvalue weighted by atomic mass is 19.1. The molecule has 1 aliphatic rings. The average Bonchev–Trinajstić information content (AvgIpc) is 2.35. The molecular weight excluding hydrogens is 221 g/mol. The van der Waals surface area contributed by atoms with Crippen molar-refractivity contribution in [1.29, 1.82) is 0 Å². The van der Waals surface area contributed by atoms with Crippen molar-refractivity contribution >= 4 is 0 Å². The van der Waals surface area contributed by atoms with Crippen LogP contribution in [0, 0.1) is 5.82 Å². The Bertz CT molecular complexity index is 391. The van der Waals surface area contributed by atoms with Crippen LogP contribution >= 0.6 is 0 Å².